The molecule has 0 aromatic carbocycles. The second kappa shape index (κ2) is 4.50. The Kier molecular flexibility index (Phi) is 3.31. The van der Waals surface area contributed by atoms with E-state index in [0.717, 1.165) is 11.3 Å². The van der Waals surface area contributed by atoms with Gasteiger partial charge >= 0.3 is 5.97 Å². The molecule has 0 saturated carbocycles. The zero-order chi connectivity index (χ0) is 9.68. The summed E-state index contributed by atoms with van der Waals surface area (Å²) in [4.78, 5) is 10.8. The summed E-state index contributed by atoms with van der Waals surface area (Å²) < 4.78 is 9.62. The van der Waals surface area contributed by atoms with Gasteiger partial charge in [0.05, 0.1) is 13.4 Å². The van der Waals surface area contributed by atoms with Crippen LogP contribution in [-0.4, -0.2) is 13.1 Å². The maximum atomic E-state index is 10.8. The van der Waals surface area contributed by atoms with Crippen LogP contribution in [0.4, 0.5) is 0 Å². The lowest BCUT2D eigenvalue weighted by atomic mass is 10.2. The van der Waals surface area contributed by atoms with E-state index in [1.54, 1.807) is 6.26 Å². The highest BCUT2D eigenvalue weighted by molar-refractivity contribution is 5.82. The number of hydrogen-bond donors (Lipinski definition) is 0. The molecule has 0 bridgehead atoms. The number of hydrogen-bond acceptors (Lipinski definition) is 3. The molecule has 0 atom stereocenters. The number of carbonyl (C=O) groups excluding carboxylic acids is 1. The number of methoxy groups -OCH3 is 1. The highest BCUT2D eigenvalue weighted by Gasteiger charge is 2.00. The Morgan fingerprint density at radius 2 is 2.46 bits per heavy atom. The highest BCUT2D eigenvalue weighted by atomic mass is 16.5. The number of carbonyl (C=O) groups is 1. The molecule has 1 aromatic heterocycles. The van der Waals surface area contributed by atoms with Crippen molar-refractivity contribution in [3.8, 4) is 0 Å². The molecule has 13 heavy (non-hydrogen) atoms. The first-order valence-electron chi connectivity index (χ1n) is 4.00. The van der Waals surface area contributed by atoms with Crippen molar-refractivity contribution in [1.82, 2.24) is 0 Å². The van der Waals surface area contributed by atoms with Crippen molar-refractivity contribution in [2.45, 2.75) is 13.3 Å². The molecule has 70 valence electrons. The third-order valence-electron chi connectivity index (χ3n) is 1.60. The molecule has 0 unspecified atom stereocenters. The summed E-state index contributed by atoms with van der Waals surface area (Å²) in [5, 5.41) is 0. The van der Waals surface area contributed by atoms with Crippen LogP contribution in [0.1, 0.15) is 12.7 Å². The van der Waals surface area contributed by atoms with Gasteiger partial charge in [-0.05, 0) is 19.1 Å². The average Bonchev–Trinajstić information content (AvgIpc) is 2.56. The molecule has 0 fully saturated rings. The fourth-order valence-corrected chi connectivity index (χ4v) is 0.999. The highest BCUT2D eigenvalue weighted by Crippen LogP contribution is 2.07. The molecule has 0 radical (unpaired) electrons. The second-order valence-electron chi connectivity index (χ2n) is 2.77. The normalized spacial score (nSPS) is 11.4. The molecule has 1 aromatic rings. The van der Waals surface area contributed by atoms with E-state index < -0.39 is 0 Å². The second-order valence-corrected chi connectivity index (χ2v) is 2.77. The first-order chi connectivity index (χ1) is 6.22. The Hall–Kier alpha value is -1.51. The van der Waals surface area contributed by atoms with Crippen molar-refractivity contribution >= 4 is 5.97 Å². The van der Waals surface area contributed by atoms with Crippen LogP contribution < -0.4 is 0 Å². The number of rotatable bonds is 3. The van der Waals surface area contributed by atoms with Crippen molar-refractivity contribution in [2.75, 3.05) is 7.11 Å². The molecule has 0 N–H and O–H groups in total. The van der Waals surface area contributed by atoms with Crippen molar-refractivity contribution in [1.29, 1.82) is 0 Å². The topological polar surface area (TPSA) is 39.4 Å². The van der Waals surface area contributed by atoms with Crippen molar-refractivity contribution in [3.63, 3.8) is 0 Å². The third-order valence-corrected chi connectivity index (χ3v) is 1.60. The Bertz CT molecular complexity index is 296. The van der Waals surface area contributed by atoms with Crippen LogP contribution in [0.5, 0.6) is 0 Å². The smallest absolute Gasteiger partial charge is 0.330 e. The van der Waals surface area contributed by atoms with Gasteiger partial charge in [-0.2, -0.15) is 0 Å². The van der Waals surface area contributed by atoms with E-state index in [1.165, 1.54) is 13.2 Å². The van der Waals surface area contributed by atoms with Gasteiger partial charge in [0.1, 0.15) is 5.76 Å². The predicted molar refractivity (Wildman–Crippen MR) is 48.2 cm³/mol. The van der Waals surface area contributed by atoms with E-state index in [4.69, 9.17) is 4.42 Å². The van der Waals surface area contributed by atoms with E-state index in [2.05, 4.69) is 4.74 Å². The number of esters is 1. The van der Waals surface area contributed by atoms with Crippen LogP contribution in [0.2, 0.25) is 0 Å². The monoisotopic (exact) mass is 180 g/mol. The van der Waals surface area contributed by atoms with E-state index in [0.29, 0.717) is 6.42 Å². The Balaban J connectivity index is 2.55. The van der Waals surface area contributed by atoms with Crippen LogP contribution in [0.3, 0.4) is 0 Å². The van der Waals surface area contributed by atoms with E-state index >= 15 is 0 Å². The van der Waals surface area contributed by atoms with Gasteiger partial charge in [0.15, 0.2) is 0 Å². The molecular formula is C10H12O3. The molecule has 0 spiro atoms. The molecule has 0 aliphatic heterocycles. The maximum Gasteiger partial charge on any atom is 0.330 e. The lowest BCUT2D eigenvalue weighted by Gasteiger charge is -1.96. The average molecular weight is 180 g/mol. The number of furan rings is 1. The minimum Gasteiger partial charge on any atom is -0.469 e. The number of ether oxygens (including phenoxy) is 1. The van der Waals surface area contributed by atoms with Crippen LogP contribution in [0.25, 0.3) is 0 Å². The van der Waals surface area contributed by atoms with Gasteiger partial charge in [-0.15, -0.1) is 0 Å². The fourth-order valence-electron chi connectivity index (χ4n) is 0.999. The summed E-state index contributed by atoms with van der Waals surface area (Å²) in [6.07, 6.45) is 3.71. The summed E-state index contributed by atoms with van der Waals surface area (Å²) in [5.41, 5.74) is 0.918. The van der Waals surface area contributed by atoms with E-state index in [1.807, 2.05) is 19.1 Å². The fraction of sp³-hybridized carbons (Fsp3) is 0.300. The Labute approximate surface area is 77.0 Å². The molecule has 3 heteroatoms. The molecule has 0 amide bonds. The quantitative estimate of drug-likeness (QED) is 0.527. The van der Waals surface area contributed by atoms with Gasteiger partial charge in [-0.3, -0.25) is 0 Å². The zero-order valence-electron chi connectivity index (χ0n) is 7.74. The van der Waals surface area contributed by atoms with E-state index in [-0.39, 0.29) is 5.97 Å². The number of allylic oxidation sites excluding steroid dienone is 1. The summed E-state index contributed by atoms with van der Waals surface area (Å²) in [7, 11) is 1.36. The molecule has 1 rings (SSSR count). The predicted octanol–water partition coefficient (Wildman–Crippen LogP) is 1.94. The summed E-state index contributed by atoms with van der Waals surface area (Å²) in [6, 6.07) is 3.69. The standard InChI is InChI=1S/C10H12O3/c1-8(7-10(11)12-2)6-9-4-3-5-13-9/h3-5,7H,6H2,1-2H3/b8-7-. The first-order valence-corrected chi connectivity index (χ1v) is 4.00. The van der Waals surface area contributed by atoms with Gasteiger partial charge in [0.2, 0.25) is 0 Å². The Morgan fingerprint density at radius 3 is 3.00 bits per heavy atom. The van der Waals surface area contributed by atoms with Crippen molar-refractivity contribution < 1.29 is 13.9 Å². The molecule has 3 nitrogen and oxygen atoms in total. The van der Waals surface area contributed by atoms with Gasteiger partial charge in [-0.25, -0.2) is 4.79 Å². The minimum atomic E-state index is -0.330. The van der Waals surface area contributed by atoms with Gasteiger partial charge < -0.3 is 9.15 Å². The Morgan fingerprint density at radius 1 is 1.69 bits per heavy atom. The summed E-state index contributed by atoms with van der Waals surface area (Å²) in [5.74, 6) is 0.515. The SMILES string of the molecule is COC(=O)/C=C(/C)Cc1ccco1. The largest absolute Gasteiger partial charge is 0.469 e. The third kappa shape index (κ3) is 3.15. The minimum absolute atomic E-state index is 0.330. The van der Waals surface area contributed by atoms with Gasteiger partial charge in [0.25, 0.3) is 0 Å². The molecule has 0 aliphatic carbocycles. The zero-order valence-corrected chi connectivity index (χ0v) is 7.74. The van der Waals surface area contributed by atoms with Crippen LogP contribution >= 0.6 is 0 Å². The van der Waals surface area contributed by atoms with Crippen LogP contribution in [0.15, 0.2) is 34.5 Å². The van der Waals surface area contributed by atoms with Gasteiger partial charge in [-0.1, -0.05) is 5.57 Å². The summed E-state index contributed by atoms with van der Waals surface area (Å²) >= 11 is 0. The first kappa shape index (κ1) is 9.58. The van der Waals surface area contributed by atoms with Crippen LogP contribution in [-0.2, 0) is 16.0 Å². The summed E-state index contributed by atoms with van der Waals surface area (Å²) in [6.45, 7) is 1.86. The van der Waals surface area contributed by atoms with Crippen molar-refractivity contribution in [3.05, 3.63) is 35.8 Å². The molecule has 1 heterocycles. The van der Waals surface area contributed by atoms with Crippen LogP contribution in [0, 0.1) is 0 Å². The lowest BCUT2D eigenvalue weighted by molar-refractivity contribution is -0.134. The van der Waals surface area contributed by atoms with E-state index in [9.17, 15) is 4.79 Å². The van der Waals surface area contributed by atoms with Gasteiger partial charge in [0, 0.05) is 12.5 Å². The molecule has 0 aliphatic rings. The molecule has 0 saturated heterocycles. The lowest BCUT2D eigenvalue weighted by Crippen LogP contribution is -1.97. The van der Waals surface area contributed by atoms with Crippen molar-refractivity contribution in [2.24, 2.45) is 0 Å². The molecular weight excluding hydrogens is 168 g/mol. The maximum absolute atomic E-state index is 10.8.